The molecule has 1 aromatic heterocycles. The molecule has 0 amide bonds. The molecule has 18 heavy (non-hydrogen) atoms. The Morgan fingerprint density at radius 1 is 1.50 bits per heavy atom. The molecule has 2 rings (SSSR count). The molecular weight excluding hydrogens is 248 g/mol. The molecule has 6 heteroatoms. The summed E-state index contributed by atoms with van der Waals surface area (Å²) >= 11 is 1.37. The smallest absolute Gasteiger partial charge is 0.177 e. The van der Waals surface area contributed by atoms with Crippen molar-refractivity contribution in [3.8, 4) is 11.8 Å². The fourth-order valence-corrected chi connectivity index (χ4v) is 3.11. The standard InChI is InChI=1S/C12H18N4OS/c1-16-5-3-8(4-6-16)15-12-11(17-2)10(14)9(7-13)18-12/h8,15H,3-6,14H2,1-2H3. The number of ether oxygens (including phenoxy) is 1. The number of hydrogen-bond acceptors (Lipinski definition) is 6. The third-order valence-corrected chi connectivity index (χ3v) is 4.28. The first-order valence-electron chi connectivity index (χ1n) is 5.97. The minimum Gasteiger partial charge on any atom is -0.492 e. The Bertz CT molecular complexity index is 457. The summed E-state index contributed by atoms with van der Waals surface area (Å²) in [5.41, 5.74) is 6.31. The summed E-state index contributed by atoms with van der Waals surface area (Å²) in [6.07, 6.45) is 2.19. The zero-order valence-electron chi connectivity index (χ0n) is 10.7. The molecule has 1 saturated heterocycles. The summed E-state index contributed by atoms with van der Waals surface area (Å²) in [5.74, 6) is 0.607. The van der Waals surface area contributed by atoms with Gasteiger partial charge in [0.05, 0.1) is 7.11 Å². The van der Waals surface area contributed by atoms with Crippen LogP contribution in [-0.2, 0) is 0 Å². The Kier molecular flexibility index (Phi) is 3.94. The van der Waals surface area contributed by atoms with Gasteiger partial charge in [-0.25, -0.2) is 0 Å². The Labute approximate surface area is 111 Å². The highest BCUT2D eigenvalue weighted by Gasteiger charge is 2.21. The minimum absolute atomic E-state index is 0.430. The van der Waals surface area contributed by atoms with Crippen LogP contribution >= 0.6 is 11.3 Å². The number of nitrogens with zero attached hydrogens (tertiary/aromatic N) is 2. The molecule has 0 atom stereocenters. The molecule has 98 valence electrons. The molecule has 0 aromatic carbocycles. The molecule has 0 spiro atoms. The van der Waals surface area contributed by atoms with Crippen molar-refractivity contribution in [3.05, 3.63) is 4.88 Å². The number of methoxy groups -OCH3 is 1. The van der Waals surface area contributed by atoms with Gasteiger partial charge in [0.1, 0.15) is 21.6 Å². The monoisotopic (exact) mass is 266 g/mol. The van der Waals surface area contributed by atoms with E-state index in [1.165, 1.54) is 11.3 Å². The van der Waals surface area contributed by atoms with Crippen LogP contribution in [0.2, 0.25) is 0 Å². The normalized spacial score (nSPS) is 17.4. The first-order chi connectivity index (χ1) is 8.65. The lowest BCUT2D eigenvalue weighted by molar-refractivity contribution is 0.264. The number of nitriles is 1. The van der Waals surface area contributed by atoms with E-state index in [2.05, 4.69) is 23.3 Å². The Balaban J connectivity index is 2.12. The number of nitrogen functional groups attached to an aromatic ring is 1. The predicted molar refractivity (Wildman–Crippen MR) is 74.1 cm³/mol. The van der Waals surface area contributed by atoms with Crippen LogP contribution in [0.1, 0.15) is 17.7 Å². The first-order valence-corrected chi connectivity index (χ1v) is 6.78. The SMILES string of the molecule is COc1c(NC2CCN(C)CC2)sc(C#N)c1N. The largest absolute Gasteiger partial charge is 0.492 e. The van der Waals surface area contributed by atoms with Crippen molar-refractivity contribution in [2.24, 2.45) is 0 Å². The number of rotatable bonds is 3. The molecule has 0 unspecified atom stereocenters. The minimum atomic E-state index is 0.430. The fourth-order valence-electron chi connectivity index (χ4n) is 2.15. The van der Waals surface area contributed by atoms with E-state index in [4.69, 9.17) is 15.7 Å². The molecule has 3 N–H and O–H groups in total. The highest BCUT2D eigenvalue weighted by atomic mass is 32.1. The molecule has 5 nitrogen and oxygen atoms in total. The van der Waals surface area contributed by atoms with Crippen molar-refractivity contribution in [2.75, 3.05) is 38.3 Å². The Morgan fingerprint density at radius 2 is 2.17 bits per heavy atom. The summed E-state index contributed by atoms with van der Waals surface area (Å²) in [6, 6.07) is 2.53. The van der Waals surface area contributed by atoms with Crippen LogP contribution in [0.3, 0.4) is 0 Å². The number of hydrogen-bond donors (Lipinski definition) is 2. The maximum Gasteiger partial charge on any atom is 0.177 e. The zero-order chi connectivity index (χ0) is 13.1. The van der Waals surface area contributed by atoms with Gasteiger partial charge in [0.25, 0.3) is 0 Å². The topological polar surface area (TPSA) is 74.3 Å². The van der Waals surface area contributed by atoms with E-state index in [0.29, 0.717) is 22.4 Å². The lowest BCUT2D eigenvalue weighted by atomic mass is 10.1. The van der Waals surface area contributed by atoms with Crippen LogP contribution in [0.15, 0.2) is 0 Å². The molecular formula is C12H18N4OS. The van der Waals surface area contributed by atoms with Crippen LogP contribution in [-0.4, -0.2) is 38.2 Å². The second kappa shape index (κ2) is 5.46. The van der Waals surface area contributed by atoms with E-state index >= 15 is 0 Å². The van der Waals surface area contributed by atoms with Crippen LogP contribution in [0.5, 0.6) is 5.75 Å². The van der Waals surface area contributed by atoms with E-state index in [0.717, 1.165) is 30.9 Å². The molecule has 1 aliphatic rings. The third-order valence-electron chi connectivity index (χ3n) is 3.26. The number of likely N-dealkylation sites (tertiary alicyclic amines) is 1. The second-order valence-electron chi connectivity index (χ2n) is 4.54. The second-order valence-corrected chi connectivity index (χ2v) is 5.56. The quantitative estimate of drug-likeness (QED) is 0.871. The maximum absolute atomic E-state index is 8.98. The summed E-state index contributed by atoms with van der Waals surface area (Å²) in [7, 11) is 3.72. The number of nitrogens with two attached hydrogens (primary N) is 1. The van der Waals surface area contributed by atoms with Crippen molar-refractivity contribution in [2.45, 2.75) is 18.9 Å². The number of nitrogens with one attached hydrogen (secondary N) is 1. The van der Waals surface area contributed by atoms with Crippen molar-refractivity contribution in [1.82, 2.24) is 4.90 Å². The van der Waals surface area contributed by atoms with Crippen LogP contribution in [0.25, 0.3) is 0 Å². The summed E-state index contributed by atoms with van der Waals surface area (Å²) in [6.45, 7) is 2.18. The van der Waals surface area contributed by atoms with Crippen LogP contribution in [0, 0.1) is 11.3 Å². The van der Waals surface area contributed by atoms with Gasteiger partial charge in [0.2, 0.25) is 0 Å². The average molecular weight is 266 g/mol. The van der Waals surface area contributed by atoms with Crippen molar-refractivity contribution >= 4 is 22.0 Å². The molecule has 2 heterocycles. The van der Waals surface area contributed by atoms with Crippen LogP contribution < -0.4 is 15.8 Å². The predicted octanol–water partition coefficient (Wildman–Crippen LogP) is 1.72. The summed E-state index contributed by atoms with van der Waals surface area (Å²) < 4.78 is 5.28. The lowest BCUT2D eigenvalue weighted by Crippen LogP contribution is -2.36. The number of thiophene rings is 1. The van der Waals surface area contributed by atoms with Gasteiger partial charge in [-0.1, -0.05) is 0 Å². The van der Waals surface area contributed by atoms with Crippen molar-refractivity contribution in [3.63, 3.8) is 0 Å². The highest BCUT2D eigenvalue weighted by Crippen LogP contribution is 2.42. The molecule has 0 radical (unpaired) electrons. The molecule has 1 aromatic rings. The van der Waals surface area contributed by atoms with Gasteiger partial charge in [0.15, 0.2) is 5.75 Å². The van der Waals surface area contributed by atoms with E-state index < -0.39 is 0 Å². The van der Waals surface area contributed by atoms with E-state index in [1.54, 1.807) is 7.11 Å². The highest BCUT2D eigenvalue weighted by molar-refractivity contribution is 7.17. The number of piperidine rings is 1. The van der Waals surface area contributed by atoms with E-state index in [1.807, 2.05) is 0 Å². The first kappa shape index (κ1) is 13.0. The molecule has 1 fully saturated rings. The Hall–Kier alpha value is -1.45. The van der Waals surface area contributed by atoms with Crippen LogP contribution in [0.4, 0.5) is 10.7 Å². The summed E-state index contributed by atoms with van der Waals surface area (Å²) in [4.78, 5) is 2.83. The molecule has 0 aliphatic carbocycles. The van der Waals surface area contributed by atoms with E-state index in [9.17, 15) is 0 Å². The van der Waals surface area contributed by atoms with Crippen molar-refractivity contribution in [1.29, 1.82) is 5.26 Å². The Morgan fingerprint density at radius 3 is 2.72 bits per heavy atom. The van der Waals surface area contributed by atoms with E-state index in [-0.39, 0.29) is 0 Å². The van der Waals surface area contributed by atoms with Gasteiger partial charge < -0.3 is 20.7 Å². The third kappa shape index (κ3) is 2.52. The summed E-state index contributed by atoms with van der Waals surface area (Å²) in [5, 5.41) is 13.3. The van der Waals surface area contributed by atoms with Crippen molar-refractivity contribution < 1.29 is 4.74 Å². The van der Waals surface area contributed by atoms with Gasteiger partial charge in [-0.3, -0.25) is 0 Å². The van der Waals surface area contributed by atoms with Gasteiger partial charge in [-0.05, 0) is 33.0 Å². The maximum atomic E-state index is 8.98. The van der Waals surface area contributed by atoms with Gasteiger partial charge in [0, 0.05) is 6.04 Å². The fraction of sp³-hybridized carbons (Fsp3) is 0.583. The zero-order valence-corrected chi connectivity index (χ0v) is 11.5. The number of anilines is 2. The van der Waals surface area contributed by atoms with Gasteiger partial charge in [-0.15, -0.1) is 11.3 Å². The molecule has 1 aliphatic heterocycles. The molecule has 0 saturated carbocycles. The average Bonchev–Trinajstić information content (AvgIpc) is 2.68. The molecule has 0 bridgehead atoms. The van der Waals surface area contributed by atoms with Gasteiger partial charge >= 0.3 is 0 Å². The lowest BCUT2D eigenvalue weighted by Gasteiger charge is -2.29. The van der Waals surface area contributed by atoms with Gasteiger partial charge in [-0.2, -0.15) is 5.26 Å².